The summed E-state index contributed by atoms with van der Waals surface area (Å²) in [6.45, 7) is -0.107. The second kappa shape index (κ2) is 9.01. The Balaban J connectivity index is 1.76. The molecule has 2 atom stereocenters. The molecule has 2 aliphatic rings. The Kier molecular flexibility index (Phi) is 6.51. The molecule has 0 aliphatic carbocycles. The molecular formula is C22H20BrF3N2O6S. The predicted molar refractivity (Wildman–Crippen MR) is 121 cm³/mol. The Hall–Kier alpha value is -2.80. The number of rotatable bonds is 5. The fraction of sp³-hybridized carbons (Fsp3) is 0.364. The number of hydrogen-bond acceptors (Lipinski definition) is 6. The number of halogens is 4. The number of carbonyl (C=O) groups is 2. The first kappa shape index (κ1) is 25.3. The average Bonchev–Trinajstić information content (AvgIpc) is 3.18. The minimum Gasteiger partial charge on any atom is -0.486 e. The number of benzene rings is 2. The van der Waals surface area contributed by atoms with E-state index < -0.39 is 50.1 Å². The lowest BCUT2D eigenvalue weighted by atomic mass is 9.80. The number of alkyl halides is 3. The van der Waals surface area contributed by atoms with E-state index in [1.807, 2.05) is 0 Å². The van der Waals surface area contributed by atoms with Gasteiger partial charge in [0, 0.05) is 17.4 Å². The van der Waals surface area contributed by atoms with Gasteiger partial charge >= 0.3 is 12.1 Å². The lowest BCUT2D eigenvalue weighted by Crippen LogP contribution is -2.49. The average molecular weight is 577 g/mol. The zero-order valence-corrected chi connectivity index (χ0v) is 20.7. The first-order valence-corrected chi connectivity index (χ1v) is 12.6. The van der Waals surface area contributed by atoms with Crippen LogP contribution in [0.3, 0.4) is 0 Å². The number of nitrogens with zero attached hydrogens (tertiary/aromatic N) is 1. The van der Waals surface area contributed by atoms with Gasteiger partial charge in [-0.05, 0) is 42.8 Å². The first-order valence-electron chi connectivity index (χ1n) is 10.4. The summed E-state index contributed by atoms with van der Waals surface area (Å²) < 4.78 is 79.2. The van der Waals surface area contributed by atoms with Crippen molar-refractivity contribution in [3.05, 3.63) is 52.5 Å². The van der Waals surface area contributed by atoms with Crippen LogP contribution in [0.5, 0.6) is 5.75 Å². The molecule has 2 heterocycles. The van der Waals surface area contributed by atoms with Gasteiger partial charge in [-0.3, -0.25) is 13.9 Å². The molecule has 1 saturated heterocycles. The van der Waals surface area contributed by atoms with Gasteiger partial charge < -0.3 is 14.8 Å². The number of amides is 1. The fourth-order valence-electron chi connectivity index (χ4n) is 4.31. The third-order valence-corrected chi connectivity index (χ3v) is 8.30. The first-order chi connectivity index (χ1) is 16.4. The minimum atomic E-state index is -4.73. The number of anilines is 1. The van der Waals surface area contributed by atoms with Crippen molar-refractivity contribution in [2.75, 3.05) is 24.5 Å². The van der Waals surface area contributed by atoms with Gasteiger partial charge in [0.05, 0.1) is 29.8 Å². The molecule has 0 spiro atoms. The van der Waals surface area contributed by atoms with E-state index in [1.54, 1.807) is 6.07 Å². The zero-order valence-electron chi connectivity index (χ0n) is 18.3. The fourth-order valence-corrected chi connectivity index (χ4v) is 6.20. The Morgan fingerprint density at radius 3 is 2.66 bits per heavy atom. The summed E-state index contributed by atoms with van der Waals surface area (Å²) in [5, 5.41) is 2.59. The third-order valence-electron chi connectivity index (χ3n) is 6.03. The maximum atomic E-state index is 13.6. The minimum absolute atomic E-state index is 0.107. The number of methoxy groups -OCH3 is 1. The molecule has 0 bridgehead atoms. The number of sulfonamides is 1. The van der Waals surface area contributed by atoms with Gasteiger partial charge in [0.1, 0.15) is 11.9 Å². The van der Waals surface area contributed by atoms with Crippen LogP contribution in [-0.2, 0) is 30.5 Å². The van der Waals surface area contributed by atoms with Crippen molar-refractivity contribution >= 4 is 43.5 Å². The van der Waals surface area contributed by atoms with Crippen LogP contribution in [0.25, 0.3) is 0 Å². The highest BCUT2D eigenvalue weighted by Crippen LogP contribution is 2.43. The summed E-state index contributed by atoms with van der Waals surface area (Å²) in [5.41, 5.74) is -2.57. The van der Waals surface area contributed by atoms with E-state index in [1.165, 1.54) is 12.1 Å². The number of nitrogens with one attached hydrogen (secondary N) is 1. The molecule has 1 amide bonds. The van der Waals surface area contributed by atoms with E-state index in [0.717, 1.165) is 29.6 Å². The molecule has 4 rings (SSSR count). The van der Waals surface area contributed by atoms with E-state index in [9.17, 15) is 31.2 Å². The second-order valence-corrected chi connectivity index (χ2v) is 11.0. The molecule has 1 fully saturated rings. The van der Waals surface area contributed by atoms with Crippen molar-refractivity contribution in [1.82, 2.24) is 5.32 Å². The van der Waals surface area contributed by atoms with Crippen LogP contribution >= 0.6 is 15.9 Å². The van der Waals surface area contributed by atoms with E-state index in [2.05, 4.69) is 21.2 Å². The van der Waals surface area contributed by atoms with Crippen molar-refractivity contribution in [3.63, 3.8) is 0 Å². The number of esters is 1. The van der Waals surface area contributed by atoms with Crippen LogP contribution in [0.2, 0.25) is 0 Å². The molecule has 2 aromatic carbocycles. The van der Waals surface area contributed by atoms with Gasteiger partial charge in [0.2, 0.25) is 5.91 Å². The van der Waals surface area contributed by atoms with Crippen LogP contribution in [-0.4, -0.2) is 46.6 Å². The highest BCUT2D eigenvalue weighted by molar-refractivity contribution is 9.10. The van der Waals surface area contributed by atoms with Crippen molar-refractivity contribution in [2.45, 2.75) is 30.0 Å². The number of carbonyl (C=O) groups excluding carboxylic acids is 2. The molecule has 2 unspecified atom stereocenters. The summed E-state index contributed by atoms with van der Waals surface area (Å²) in [6.07, 6.45) is -5.75. The molecule has 0 radical (unpaired) electrons. The standard InChI is InChI=1S/C22H20BrF3N2O6S/c1-33-20(30)21(7-8-27-19(21)29)11-15-12-28(17-10-14(23)5-6-18(17)34-15)35(31,32)16-4-2-3-13(9-16)22(24,25)26/h2-6,9-10,15H,7-8,11-12H2,1H3,(H,27,29). The lowest BCUT2D eigenvalue weighted by molar-refractivity contribution is -0.158. The van der Waals surface area contributed by atoms with Crippen molar-refractivity contribution < 1.29 is 40.7 Å². The van der Waals surface area contributed by atoms with Gasteiger partial charge in [0.15, 0.2) is 5.41 Å². The smallest absolute Gasteiger partial charge is 0.416 e. The molecule has 2 aromatic rings. The van der Waals surface area contributed by atoms with Gasteiger partial charge in [-0.15, -0.1) is 0 Å². The molecule has 2 aliphatic heterocycles. The maximum Gasteiger partial charge on any atom is 0.416 e. The van der Waals surface area contributed by atoms with Crippen LogP contribution < -0.4 is 14.4 Å². The van der Waals surface area contributed by atoms with E-state index >= 15 is 0 Å². The summed E-state index contributed by atoms with van der Waals surface area (Å²) in [4.78, 5) is 24.6. The van der Waals surface area contributed by atoms with Crippen LogP contribution in [0.1, 0.15) is 18.4 Å². The Morgan fingerprint density at radius 1 is 1.29 bits per heavy atom. The third kappa shape index (κ3) is 4.58. The molecular weight excluding hydrogens is 557 g/mol. The predicted octanol–water partition coefficient (Wildman–Crippen LogP) is 3.49. The quantitative estimate of drug-likeness (QED) is 0.432. The van der Waals surface area contributed by atoms with Crippen LogP contribution in [0.4, 0.5) is 18.9 Å². The molecule has 8 nitrogen and oxygen atoms in total. The molecule has 35 heavy (non-hydrogen) atoms. The van der Waals surface area contributed by atoms with Crippen LogP contribution in [0, 0.1) is 5.41 Å². The molecule has 1 N–H and O–H groups in total. The van der Waals surface area contributed by atoms with Gasteiger partial charge in [0.25, 0.3) is 10.0 Å². The lowest BCUT2D eigenvalue weighted by Gasteiger charge is -2.38. The number of ether oxygens (including phenoxy) is 2. The monoisotopic (exact) mass is 576 g/mol. The topological polar surface area (TPSA) is 102 Å². The van der Waals surface area contributed by atoms with Crippen molar-refractivity contribution in [1.29, 1.82) is 0 Å². The van der Waals surface area contributed by atoms with Gasteiger partial charge in [-0.1, -0.05) is 22.0 Å². The highest BCUT2D eigenvalue weighted by atomic mass is 79.9. The summed E-state index contributed by atoms with van der Waals surface area (Å²) in [6, 6.07) is 8.02. The summed E-state index contributed by atoms with van der Waals surface area (Å²) in [5.74, 6) is -1.19. The molecule has 0 saturated carbocycles. The summed E-state index contributed by atoms with van der Waals surface area (Å²) in [7, 11) is -3.34. The molecule has 188 valence electrons. The number of hydrogen-bond donors (Lipinski definition) is 1. The van der Waals surface area contributed by atoms with Crippen molar-refractivity contribution in [3.8, 4) is 5.75 Å². The Labute approximate surface area is 207 Å². The Bertz CT molecular complexity index is 1290. The second-order valence-electron chi connectivity index (χ2n) is 8.20. The zero-order chi connectivity index (χ0) is 25.6. The largest absolute Gasteiger partial charge is 0.486 e. The molecule has 13 heteroatoms. The maximum absolute atomic E-state index is 13.6. The van der Waals surface area contributed by atoms with E-state index in [-0.39, 0.29) is 37.4 Å². The highest BCUT2D eigenvalue weighted by Gasteiger charge is 2.53. The van der Waals surface area contributed by atoms with Gasteiger partial charge in [-0.25, -0.2) is 8.42 Å². The normalized spacial score (nSPS) is 22.3. The van der Waals surface area contributed by atoms with Crippen molar-refractivity contribution in [2.24, 2.45) is 5.41 Å². The number of fused-ring (bicyclic) bond motifs is 1. The SMILES string of the molecule is COC(=O)C1(CC2CN(S(=O)(=O)c3cccc(C(F)(F)F)c3)c3cc(Br)ccc3O2)CCNC1=O. The van der Waals surface area contributed by atoms with Gasteiger partial charge in [-0.2, -0.15) is 13.2 Å². The molecule has 0 aromatic heterocycles. The van der Waals surface area contributed by atoms with E-state index in [0.29, 0.717) is 10.5 Å². The summed E-state index contributed by atoms with van der Waals surface area (Å²) >= 11 is 3.27. The van der Waals surface area contributed by atoms with Crippen LogP contribution in [0.15, 0.2) is 51.8 Å². The van der Waals surface area contributed by atoms with E-state index in [4.69, 9.17) is 9.47 Å². The Morgan fingerprint density at radius 2 is 2.03 bits per heavy atom.